The number of rotatable bonds is 3. The molecule has 0 amide bonds. The molecule has 1 N–H and O–H groups in total. The summed E-state index contributed by atoms with van der Waals surface area (Å²) < 4.78 is 0. The number of nitrogens with one attached hydrogen (secondary N) is 1. The van der Waals surface area contributed by atoms with Gasteiger partial charge in [0.05, 0.1) is 5.52 Å². The Hall–Kier alpha value is -1.57. The minimum Gasteiger partial charge on any atom is -0.385 e. The largest absolute Gasteiger partial charge is 0.385 e. The van der Waals surface area contributed by atoms with E-state index in [2.05, 4.69) is 42.3 Å². The van der Waals surface area contributed by atoms with Crippen LogP contribution in [0.3, 0.4) is 0 Å². The molecule has 2 heteroatoms. The van der Waals surface area contributed by atoms with Gasteiger partial charge in [-0.1, -0.05) is 13.0 Å². The van der Waals surface area contributed by atoms with Crippen molar-refractivity contribution in [1.29, 1.82) is 0 Å². The van der Waals surface area contributed by atoms with Crippen molar-refractivity contribution in [2.45, 2.75) is 20.3 Å². The van der Waals surface area contributed by atoms with Crippen LogP contribution in [0.2, 0.25) is 0 Å². The normalized spacial score (nSPS) is 10.5. The molecule has 0 aliphatic heterocycles. The Morgan fingerprint density at radius 2 is 2.13 bits per heavy atom. The van der Waals surface area contributed by atoms with Crippen molar-refractivity contribution >= 4 is 16.6 Å². The van der Waals surface area contributed by atoms with Crippen molar-refractivity contribution in [2.24, 2.45) is 0 Å². The third-order valence-corrected chi connectivity index (χ3v) is 2.54. The van der Waals surface area contributed by atoms with E-state index in [-0.39, 0.29) is 0 Å². The molecule has 0 aliphatic carbocycles. The lowest BCUT2D eigenvalue weighted by Gasteiger charge is -2.09. The highest BCUT2D eigenvalue weighted by Gasteiger charge is 2.02. The lowest BCUT2D eigenvalue weighted by Crippen LogP contribution is -2.00. The topological polar surface area (TPSA) is 24.9 Å². The minimum absolute atomic E-state index is 1.01. The van der Waals surface area contributed by atoms with Crippen LogP contribution in [-0.4, -0.2) is 11.5 Å². The van der Waals surface area contributed by atoms with Gasteiger partial charge in [-0.05, 0) is 37.1 Å². The van der Waals surface area contributed by atoms with Gasteiger partial charge >= 0.3 is 0 Å². The van der Waals surface area contributed by atoms with Crippen molar-refractivity contribution in [3.05, 3.63) is 36.0 Å². The number of fused-ring (bicyclic) bond motifs is 1. The molecule has 0 fully saturated rings. The lowest BCUT2D eigenvalue weighted by atomic mass is 10.1. The first-order valence-electron chi connectivity index (χ1n) is 5.41. The number of nitrogens with zero attached hydrogens (tertiary/aromatic N) is 1. The highest BCUT2D eigenvalue weighted by molar-refractivity contribution is 5.93. The third-order valence-electron chi connectivity index (χ3n) is 2.54. The standard InChI is InChI=1S/C13H16N2/c1-3-8-14-12-7-6-10(2)13-11(12)5-4-9-15-13/h4-7,9,14H,3,8H2,1-2H3. The predicted molar refractivity (Wildman–Crippen MR) is 65.3 cm³/mol. The Morgan fingerprint density at radius 1 is 1.27 bits per heavy atom. The van der Waals surface area contributed by atoms with Crippen LogP contribution in [0.5, 0.6) is 0 Å². The first-order valence-corrected chi connectivity index (χ1v) is 5.41. The van der Waals surface area contributed by atoms with E-state index in [0.717, 1.165) is 18.5 Å². The second kappa shape index (κ2) is 4.30. The molecule has 1 aromatic heterocycles. The lowest BCUT2D eigenvalue weighted by molar-refractivity contribution is 0.981. The van der Waals surface area contributed by atoms with Crippen LogP contribution in [0, 0.1) is 6.92 Å². The van der Waals surface area contributed by atoms with E-state index in [9.17, 15) is 0 Å². The molecule has 0 spiro atoms. The van der Waals surface area contributed by atoms with Gasteiger partial charge in [-0.2, -0.15) is 0 Å². The number of aryl methyl sites for hydroxylation is 1. The van der Waals surface area contributed by atoms with Gasteiger partial charge in [0, 0.05) is 23.8 Å². The summed E-state index contributed by atoms with van der Waals surface area (Å²) in [6, 6.07) is 8.36. The van der Waals surface area contributed by atoms with Gasteiger partial charge in [0.2, 0.25) is 0 Å². The number of anilines is 1. The summed E-state index contributed by atoms with van der Waals surface area (Å²) >= 11 is 0. The highest BCUT2D eigenvalue weighted by atomic mass is 14.9. The van der Waals surface area contributed by atoms with Crippen molar-refractivity contribution in [3.8, 4) is 0 Å². The number of hydrogen-bond acceptors (Lipinski definition) is 2. The van der Waals surface area contributed by atoms with Gasteiger partial charge in [0.1, 0.15) is 0 Å². The predicted octanol–water partition coefficient (Wildman–Crippen LogP) is 3.37. The van der Waals surface area contributed by atoms with Gasteiger partial charge in [0.15, 0.2) is 0 Å². The van der Waals surface area contributed by atoms with Crippen LogP contribution in [0.4, 0.5) is 5.69 Å². The van der Waals surface area contributed by atoms with E-state index in [1.165, 1.54) is 16.6 Å². The molecule has 0 aliphatic rings. The summed E-state index contributed by atoms with van der Waals surface area (Å²) in [7, 11) is 0. The van der Waals surface area contributed by atoms with Gasteiger partial charge in [0.25, 0.3) is 0 Å². The molecule has 0 saturated heterocycles. The maximum absolute atomic E-state index is 4.41. The van der Waals surface area contributed by atoms with Gasteiger partial charge in [-0.15, -0.1) is 0 Å². The average Bonchev–Trinajstić information content (AvgIpc) is 2.29. The van der Waals surface area contributed by atoms with Crippen LogP contribution in [-0.2, 0) is 0 Å². The summed E-state index contributed by atoms with van der Waals surface area (Å²) in [4.78, 5) is 4.41. The second-order valence-electron chi connectivity index (χ2n) is 3.76. The maximum atomic E-state index is 4.41. The van der Waals surface area contributed by atoms with Crippen molar-refractivity contribution in [1.82, 2.24) is 4.98 Å². The summed E-state index contributed by atoms with van der Waals surface area (Å²) in [6.45, 7) is 5.27. The fourth-order valence-electron chi connectivity index (χ4n) is 1.73. The number of aromatic nitrogens is 1. The van der Waals surface area contributed by atoms with Crippen molar-refractivity contribution < 1.29 is 0 Å². The molecule has 1 aromatic carbocycles. The molecule has 1 heterocycles. The molecule has 0 atom stereocenters. The third kappa shape index (κ3) is 1.94. The Morgan fingerprint density at radius 3 is 2.93 bits per heavy atom. The zero-order valence-electron chi connectivity index (χ0n) is 9.25. The summed E-state index contributed by atoms with van der Waals surface area (Å²) in [5.74, 6) is 0. The number of hydrogen-bond donors (Lipinski definition) is 1. The first-order chi connectivity index (χ1) is 7.33. The fourth-order valence-corrected chi connectivity index (χ4v) is 1.73. The molecular formula is C13H16N2. The van der Waals surface area contributed by atoms with Crippen LogP contribution in [0.25, 0.3) is 10.9 Å². The Labute approximate surface area is 90.3 Å². The second-order valence-corrected chi connectivity index (χ2v) is 3.76. The Balaban J connectivity index is 2.51. The van der Waals surface area contributed by atoms with Gasteiger partial charge in [-0.3, -0.25) is 4.98 Å². The molecule has 0 radical (unpaired) electrons. The van der Waals surface area contributed by atoms with E-state index in [0.29, 0.717) is 0 Å². The minimum atomic E-state index is 1.01. The maximum Gasteiger partial charge on any atom is 0.0751 e. The molecule has 0 unspecified atom stereocenters. The fraction of sp³-hybridized carbons (Fsp3) is 0.308. The van der Waals surface area contributed by atoms with E-state index < -0.39 is 0 Å². The Kier molecular flexibility index (Phi) is 2.86. The van der Waals surface area contributed by atoms with Gasteiger partial charge < -0.3 is 5.32 Å². The number of pyridine rings is 1. The SMILES string of the molecule is CCCNc1ccc(C)c2ncccc12. The van der Waals surface area contributed by atoms with Crippen LogP contribution in [0.15, 0.2) is 30.5 Å². The van der Waals surface area contributed by atoms with Crippen LogP contribution < -0.4 is 5.32 Å². The molecule has 2 nitrogen and oxygen atoms in total. The summed E-state index contributed by atoms with van der Waals surface area (Å²) in [6.07, 6.45) is 2.98. The highest BCUT2D eigenvalue weighted by Crippen LogP contribution is 2.24. The van der Waals surface area contributed by atoms with E-state index in [1.54, 1.807) is 0 Å². The summed E-state index contributed by atoms with van der Waals surface area (Å²) in [5.41, 5.74) is 3.51. The van der Waals surface area contributed by atoms with Crippen molar-refractivity contribution in [3.63, 3.8) is 0 Å². The Bertz CT molecular complexity index is 463. The molecule has 15 heavy (non-hydrogen) atoms. The smallest absolute Gasteiger partial charge is 0.0751 e. The first kappa shape index (κ1) is 9.97. The molecule has 2 rings (SSSR count). The molecule has 78 valence electrons. The zero-order chi connectivity index (χ0) is 10.7. The number of benzene rings is 1. The quantitative estimate of drug-likeness (QED) is 0.821. The summed E-state index contributed by atoms with van der Waals surface area (Å²) in [5, 5.41) is 4.64. The van der Waals surface area contributed by atoms with Gasteiger partial charge in [-0.25, -0.2) is 0 Å². The van der Waals surface area contributed by atoms with E-state index >= 15 is 0 Å². The van der Waals surface area contributed by atoms with E-state index in [1.807, 2.05) is 12.3 Å². The monoisotopic (exact) mass is 200 g/mol. The van der Waals surface area contributed by atoms with Crippen LogP contribution in [0.1, 0.15) is 18.9 Å². The average molecular weight is 200 g/mol. The van der Waals surface area contributed by atoms with E-state index in [4.69, 9.17) is 0 Å². The molecule has 2 aromatic rings. The molecule has 0 bridgehead atoms. The molecular weight excluding hydrogens is 184 g/mol. The van der Waals surface area contributed by atoms with Crippen molar-refractivity contribution in [2.75, 3.05) is 11.9 Å². The van der Waals surface area contributed by atoms with Crippen LogP contribution >= 0.6 is 0 Å². The molecule has 0 saturated carbocycles. The zero-order valence-corrected chi connectivity index (χ0v) is 9.25.